The first-order valence-electron chi connectivity index (χ1n) is 11.4. The number of hydrogen-bond acceptors (Lipinski definition) is 6. The SMILES string of the molecule is CCCNC(=O)[C@H]1CCCN(c2ccc(SCC(=O)Nc3c(C)cccc3CC)nn2)C1. The summed E-state index contributed by atoms with van der Waals surface area (Å²) in [7, 11) is 0. The molecule has 0 saturated carbocycles. The van der Waals surface area contributed by atoms with Gasteiger partial charge in [0, 0.05) is 25.3 Å². The lowest BCUT2D eigenvalue weighted by molar-refractivity contribution is -0.125. The van der Waals surface area contributed by atoms with Crippen LogP contribution in [0.5, 0.6) is 0 Å². The van der Waals surface area contributed by atoms with Crippen molar-refractivity contribution in [2.24, 2.45) is 5.92 Å². The molecule has 1 saturated heterocycles. The molecule has 7 nitrogen and oxygen atoms in total. The van der Waals surface area contributed by atoms with Gasteiger partial charge in [0.15, 0.2) is 5.82 Å². The second kappa shape index (κ2) is 11.9. The predicted molar refractivity (Wildman–Crippen MR) is 130 cm³/mol. The fourth-order valence-corrected chi connectivity index (χ4v) is 4.48. The van der Waals surface area contributed by atoms with Crippen molar-refractivity contribution in [1.29, 1.82) is 0 Å². The predicted octanol–water partition coefficient (Wildman–Crippen LogP) is 3.82. The fourth-order valence-electron chi connectivity index (χ4n) is 3.87. The van der Waals surface area contributed by atoms with Gasteiger partial charge in [0.05, 0.1) is 11.7 Å². The summed E-state index contributed by atoms with van der Waals surface area (Å²) in [4.78, 5) is 26.9. The number of piperidine rings is 1. The summed E-state index contributed by atoms with van der Waals surface area (Å²) in [6, 6.07) is 9.88. The number of thioether (sulfide) groups is 1. The van der Waals surface area contributed by atoms with E-state index in [0.717, 1.165) is 61.4 Å². The number of aryl methyl sites for hydroxylation is 2. The van der Waals surface area contributed by atoms with Crippen molar-refractivity contribution < 1.29 is 9.59 Å². The Labute approximate surface area is 194 Å². The molecule has 1 atom stereocenters. The Kier molecular flexibility index (Phi) is 8.90. The molecule has 0 radical (unpaired) electrons. The number of aromatic nitrogens is 2. The highest BCUT2D eigenvalue weighted by Gasteiger charge is 2.26. The summed E-state index contributed by atoms with van der Waals surface area (Å²) in [6.45, 7) is 8.39. The highest BCUT2D eigenvalue weighted by atomic mass is 32.2. The Balaban J connectivity index is 1.52. The molecule has 2 N–H and O–H groups in total. The Morgan fingerprint density at radius 3 is 2.75 bits per heavy atom. The molecule has 0 unspecified atom stereocenters. The minimum Gasteiger partial charge on any atom is -0.356 e. The van der Waals surface area contributed by atoms with Crippen molar-refractivity contribution >= 4 is 35.1 Å². The molecular weight excluding hydrogens is 422 g/mol. The van der Waals surface area contributed by atoms with E-state index in [9.17, 15) is 9.59 Å². The molecule has 2 aromatic rings. The molecular formula is C24H33N5O2S. The summed E-state index contributed by atoms with van der Waals surface area (Å²) in [6.07, 6.45) is 3.68. The lowest BCUT2D eigenvalue weighted by atomic mass is 9.97. The van der Waals surface area contributed by atoms with E-state index in [-0.39, 0.29) is 23.5 Å². The van der Waals surface area contributed by atoms with Gasteiger partial charge < -0.3 is 15.5 Å². The number of carbonyl (C=O) groups excluding carboxylic acids is 2. The zero-order valence-electron chi connectivity index (χ0n) is 19.2. The standard InChI is InChI=1S/C24H33N5O2S/c1-4-13-25-24(31)19-10-7-14-29(15-19)20-11-12-22(28-27-20)32-16-21(30)26-23-17(3)8-6-9-18(23)5-2/h6,8-9,11-12,19H,4-5,7,10,13-16H2,1-3H3,(H,25,31)(H,26,30)/t19-/m0/s1. The Bertz CT molecular complexity index is 919. The zero-order chi connectivity index (χ0) is 22.9. The highest BCUT2D eigenvalue weighted by Crippen LogP contribution is 2.24. The molecule has 2 amide bonds. The molecule has 32 heavy (non-hydrogen) atoms. The molecule has 0 aliphatic carbocycles. The van der Waals surface area contributed by atoms with Crippen molar-refractivity contribution in [2.75, 3.05) is 35.6 Å². The van der Waals surface area contributed by atoms with Crippen LogP contribution in [0, 0.1) is 12.8 Å². The number of hydrogen-bond donors (Lipinski definition) is 2. The minimum absolute atomic E-state index is 0.00991. The fraction of sp³-hybridized carbons (Fsp3) is 0.500. The first kappa shape index (κ1) is 24.0. The van der Waals surface area contributed by atoms with Gasteiger partial charge in [-0.2, -0.15) is 0 Å². The van der Waals surface area contributed by atoms with Crippen LogP contribution in [0.1, 0.15) is 44.2 Å². The average Bonchev–Trinajstić information content (AvgIpc) is 2.83. The van der Waals surface area contributed by atoms with Gasteiger partial charge in [-0.3, -0.25) is 9.59 Å². The maximum absolute atomic E-state index is 12.5. The van der Waals surface area contributed by atoms with Crippen molar-refractivity contribution in [3.63, 3.8) is 0 Å². The maximum atomic E-state index is 12.5. The monoisotopic (exact) mass is 455 g/mol. The molecule has 1 aromatic heterocycles. The third-order valence-electron chi connectivity index (χ3n) is 5.65. The topological polar surface area (TPSA) is 87.2 Å². The highest BCUT2D eigenvalue weighted by molar-refractivity contribution is 7.99. The number of benzene rings is 1. The van der Waals surface area contributed by atoms with Gasteiger partial charge in [-0.15, -0.1) is 10.2 Å². The summed E-state index contributed by atoms with van der Waals surface area (Å²) < 4.78 is 0. The van der Waals surface area contributed by atoms with E-state index in [2.05, 4.69) is 39.6 Å². The first-order valence-corrected chi connectivity index (χ1v) is 12.4. The van der Waals surface area contributed by atoms with Gasteiger partial charge in [0.2, 0.25) is 11.8 Å². The van der Waals surface area contributed by atoms with Crippen molar-refractivity contribution in [1.82, 2.24) is 15.5 Å². The van der Waals surface area contributed by atoms with E-state index in [4.69, 9.17) is 0 Å². The molecule has 1 aromatic carbocycles. The molecule has 0 bridgehead atoms. The van der Waals surface area contributed by atoms with Crippen LogP contribution < -0.4 is 15.5 Å². The van der Waals surface area contributed by atoms with Gasteiger partial charge in [-0.05, 0) is 55.9 Å². The molecule has 3 rings (SSSR count). The summed E-state index contributed by atoms with van der Waals surface area (Å²) in [5.41, 5.74) is 3.11. The van der Waals surface area contributed by atoms with E-state index in [1.807, 2.05) is 37.3 Å². The molecule has 1 aliphatic rings. The van der Waals surface area contributed by atoms with Crippen LogP contribution in [0.2, 0.25) is 0 Å². The second-order valence-corrected chi connectivity index (χ2v) is 9.10. The largest absolute Gasteiger partial charge is 0.356 e. The molecule has 1 aliphatic heterocycles. The number of anilines is 2. The van der Waals surface area contributed by atoms with Crippen LogP contribution in [0.25, 0.3) is 0 Å². The number of nitrogens with zero attached hydrogens (tertiary/aromatic N) is 3. The normalized spacial score (nSPS) is 16.0. The Morgan fingerprint density at radius 2 is 2.03 bits per heavy atom. The summed E-state index contributed by atoms with van der Waals surface area (Å²) in [5, 5.41) is 15.4. The number of nitrogens with one attached hydrogen (secondary N) is 2. The van der Waals surface area contributed by atoms with Gasteiger partial charge in [-0.25, -0.2) is 0 Å². The van der Waals surface area contributed by atoms with E-state index < -0.39 is 0 Å². The first-order chi connectivity index (χ1) is 15.5. The summed E-state index contributed by atoms with van der Waals surface area (Å²) in [5.74, 6) is 1.11. The van der Waals surface area contributed by atoms with E-state index >= 15 is 0 Å². The number of carbonyl (C=O) groups is 2. The molecule has 1 fully saturated rings. The van der Waals surface area contributed by atoms with Crippen molar-refractivity contribution in [3.05, 3.63) is 41.5 Å². The lowest BCUT2D eigenvalue weighted by Gasteiger charge is -2.32. The number of para-hydroxylation sites is 1. The summed E-state index contributed by atoms with van der Waals surface area (Å²) >= 11 is 1.37. The van der Waals surface area contributed by atoms with E-state index in [0.29, 0.717) is 11.6 Å². The van der Waals surface area contributed by atoms with Gasteiger partial charge in [0.1, 0.15) is 5.03 Å². The van der Waals surface area contributed by atoms with Crippen LogP contribution in [0.15, 0.2) is 35.4 Å². The third-order valence-corrected chi connectivity index (χ3v) is 6.57. The Morgan fingerprint density at radius 1 is 1.19 bits per heavy atom. The minimum atomic E-state index is -0.0539. The molecule has 2 heterocycles. The van der Waals surface area contributed by atoms with Crippen LogP contribution in [-0.4, -0.2) is 47.4 Å². The average molecular weight is 456 g/mol. The van der Waals surface area contributed by atoms with E-state index in [1.54, 1.807) is 0 Å². The van der Waals surface area contributed by atoms with Crippen molar-refractivity contribution in [2.45, 2.75) is 51.5 Å². The van der Waals surface area contributed by atoms with Crippen LogP contribution >= 0.6 is 11.8 Å². The number of amides is 2. The third kappa shape index (κ3) is 6.45. The van der Waals surface area contributed by atoms with Gasteiger partial charge in [0.25, 0.3) is 0 Å². The Hall–Kier alpha value is -2.61. The second-order valence-electron chi connectivity index (χ2n) is 8.11. The van der Waals surface area contributed by atoms with E-state index in [1.165, 1.54) is 11.8 Å². The lowest BCUT2D eigenvalue weighted by Crippen LogP contribution is -2.43. The zero-order valence-corrected chi connectivity index (χ0v) is 20.0. The van der Waals surface area contributed by atoms with Crippen LogP contribution in [0.3, 0.4) is 0 Å². The number of rotatable bonds is 9. The molecule has 8 heteroatoms. The van der Waals surface area contributed by atoms with Crippen molar-refractivity contribution in [3.8, 4) is 0 Å². The van der Waals surface area contributed by atoms with Crippen LogP contribution in [-0.2, 0) is 16.0 Å². The van der Waals surface area contributed by atoms with Gasteiger partial charge in [-0.1, -0.05) is 43.8 Å². The smallest absolute Gasteiger partial charge is 0.234 e. The van der Waals surface area contributed by atoms with Crippen LogP contribution in [0.4, 0.5) is 11.5 Å². The molecule has 0 spiro atoms. The molecule has 172 valence electrons. The maximum Gasteiger partial charge on any atom is 0.234 e. The quantitative estimate of drug-likeness (QED) is 0.559. The van der Waals surface area contributed by atoms with Gasteiger partial charge >= 0.3 is 0 Å².